The molecule has 0 amide bonds. The molecular weight excluding hydrogens is 228 g/mol. The van der Waals surface area contributed by atoms with E-state index >= 15 is 0 Å². The Balaban J connectivity index is 1.83. The topological polar surface area (TPSA) is 64.3 Å². The van der Waals surface area contributed by atoms with E-state index in [9.17, 15) is 0 Å². The van der Waals surface area contributed by atoms with E-state index in [1.165, 1.54) is 12.8 Å². The summed E-state index contributed by atoms with van der Waals surface area (Å²) in [5, 5.41) is 0. The number of anilines is 1. The standard InChI is InChI=1S/C13H22N4O/c1-3-4-12-15-11(14)9-13(16-12)18-8-7-17(2)10-5-6-10/h9-10H,3-8H2,1-2H3,(H2,14,15,16). The van der Waals surface area contributed by atoms with Crippen molar-refractivity contribution in [3.63, 3.8) is 0 Å². The van der Waals surface area contributed by atoms with E-state index < -0.39 is 0 Å². The molecule has 1 heterocycles. The van der Waals surface area contributed by atoms with Crippen LogP contribution in [0.25, 0.3) is 0 Å². The molecule has 18 heavy (non-hydrogen) atoms. The first-order valence-electron chi connectivity index (χ1n) is 6.65. The van der Waals surface area contributed by atoms with Gasteiger partial charge in [-0.05, 0) is 26.3 Å². The fourth-order valence-corrected chi connectivity index (χ4v) is 1.89. The highest BCUT2D eigenvalue weighted by molar-refractivity contribution is 5.32. The molecule has 0 aliphatic heterocycles. The van der Waals surface area contributed by atoms with Gasteiger partial charge in [-0.1, -0.05) is 6.92 Å². The van der Waals surface area contributed by atoms with Crippen LogP contribution in [0.15, 0.2) is 6.07 Å². The number of aryl methyl sites for hydroxylation is 1. The number of nitrogen functional groups attached to an aromatic ring is 1. The molecule has 1 aromatic heterocycles. The zero-order valence-corrected chi connectivity index (χ0v) is 11.2. The smallest absolute Gasteiger partial charge is 0.218 e. The van der Waals surface area contributed by atoms with Crippen molar-refractivity contribution in [3.05, 3.63) is 11.9 Å². The van der Waals surface area contributed by atoms with Crippen molar-refractivity contribution >= 4 is 5.82 Å². The minimum absolute atomic E-state index is 0.485. The van der Waals surface area contributed by atoms with Gasteiger partial charge in [-0.15, -0.1) is 0 Å². The van der Waals surface area contributed by atoms with Crippen molar-refractivity contribution in [2.24, 2.45) is 0 Å². The molecule has 0 bridgehead atoms. The van der Waals surface area contributed by atoms with Crippen LogP contribution in [-0.4, -0.2) is 41.1 Å². The van der Waals surface area contributed by atoms with Crippen molar-refractivity contribution in [3.8, 4) is 5.88 Å². The Morgan fingerprint density at radius 3 is 2.89 bits per heavy atom. The lowest BCUT2D eigenvalue weighted by molar-refractivity contribution is 0.226. The average molecular weight is 250 g/mol. The van der Waals surface area contributed by atoms with Gasteiger partial charge in [0.15, 0.2) is 0 Å². The van der Waals surface area contributed by atoms with Crippen LogP contribution in [0.4, 0.5) is 5.82 Å². The molecule has 0 atom stereocenters. The van der Waals surface area contributed by atoms with E-state index in [0.717, 1.165) is 31.3 Å². The number of likely N-dealkylation sites (N-methyl/N-ethyl adjacent to an activating group) is 1. The Morgan fingerprint density at radius 2 is 2.22 bits per heavy atom. The molecule has 0 unspecified atom stereocenters. The van der Waals surface area contributed by atoms with Crippen LogP contribution in [-0.2, 0) is 6.42 Å². The van der Waals surface area contributed by atoms with Crippen LogP contribution in [0.1, 0.15) is 32.0 Å². The lowest BCUT2D eigenvalue weighted by Crippen LogP contribution is -2.26. The van der Waals surface area contributed by atoms with Gasteiger partial charge in [-0.2, -0.15) is 4.98 Å². The first-order chi connectivity index (χ1) is 8.69. The lowest BCUT2D eigenvalue weighted by atomic mass is 10.3. The van der Waals surface area contributed by atoms with Crippen molar-refractivity contribution < 1.29 is 4.74 Å². The summed E-state index contributed by atoms with van der Waals surface area (Å²) in [6, 6.07) is 2.45. The van der Waals surface area contributed by atoms with E-state index in [1.54, 1.807) is 6.07 Å². The molecule has 0 aromatic carbocycles. The molecule has 1 saturated carbocycles. The highest BCUT2D eigenvalue weighted by atomic mass is 16.5. The zero-order chi connectivity index (χ0) is 13.0. The van der Waals surface area contributed by atoms with E-state index in [0.29, 0.717) is 18.3 Å². The Morgan fingerprint density at radius 1 is 1.44 bits per heavy atom. The maximum atomic E-state index is 5.74. The molecule has 100 valence electrons. The molecule has 1 aliphatic carbocycles. The molecule has 5 heteroatoms. The first-order valence-corrected chi connectivity index (χ1v) is 6.65. The van der Waals surface area contributed by atoms with Gasteiger partial charge in [-0.25, -0.2) is 4.98 Å². The largest absolute Gasteiger partial charge is 0.476 e. The highest BCUT2D eigenvalue weighted by Crippen LogP contribution is 2.24. The summed E-state index contributed by atoms with van der Waals surface area (Å²) < 4.78 is 5.65. The normalized spacial score (nSPS) is 15.1. The van der Waals surface area contributed by atoms with Gasteiger partial charge in [0.2, 0.25) is 5.88 Å². The van der Waals surface area contributed by atoms with Crippen molar-refractivity contribution in [1.82, 2.24) is 14.9 Å². The molecule has 0 spiro atoms. The summed E-state index contributed by atoms with van der Waals surface area (Å²) in [6.45, 7) is 3.67. The summed E-state index contributed by atoms with van der Waals surface area (Å²) in [6.07, 6.45) is 4.48. The van der Waals surface area contributed by atoms with Crippen LogP contribution in [0.5, 0.6) is 5.88 Å². The van der Waals surface area contributed by atoms with E-state index in [2.05, 4.69) is 28.8 Å². The third kappa shape index (κ3) is 3.84. The second-order valence-electron chi connectivity index (χ2n) is 4.86. The molecule has 0 saturated heterocycles. The minimum atomic E-state index is 0.485. The van der Waals surface area contributed by atoms with Gasteiger partial charge in [0, 0.05) is 25.1 Å². The molecule has 1 fully saturated rings. The summed E-state index contributed by atoms with van der Waals surface area (Å²) >= 11 is 0. The molecule has 2 N–H and O–H groups in total. The average Bonchev–Trinajstić information content (AvgIpc) is 3.12. The fraction of sp³-hybridized carbons (Fsp3) is 0.692. The number of aromatic nitrogens is 2. The van der Waals surface area contributed by atoms with Crippen molar-refractivity contribution in [2.75, 3.05) is 25.9 Å². The van der Waals surface area contributed by atoms with Gasteiger partial charge >= 0.3 is 0 Å². The van der Waals surface area contributed by atoms with E-state index in [4.69, 9.17) is 10.5 Å². The van der Waals surface area contributed by atoms with Crippen molar-refractivity contribution in [1.29, 1.82) is 0 Å². The predicted octanol–water partition coefficient (Wildman–Crippen LogP) is 1.48. The number of nitrogens with two attached hydrogens (primary N) is 1. The third-order valence-electron chi connectivity index (χ3n) is 3.11. The Labute approximate surface area is 108 Å². The van der Waals surface area contributed by atoms with Gasteiger partial charge in [-0.3, -0.25) is 0 Å². The SMILES string of the molecule is CCCc1nc(N)cc(OCCN(C)C2CC2)n1. The second kappa shape index (κ2) is 6.00. The predicted molar refractivity (Wildman–Crippen MR) is 71.6 cm³/mol. The quantitative estimate of drug-likeness (QED) is 0.794. The first kappa shape index (κ1) is 13.1. The monoisotopic (exact) mass is 250 g/mol. The Bertz CT molecular complexity index is 393. The summed E-state index contributed by atoms with van der Waals surface area (Å²) in [5.41, 5.74) is 5.74. The Hall–Kier alpha value is -1.36. The van der Waals surface area contributed by atoms with Crippen LogP contribution in [0.3, 0.4) is 0 Å². The number of hydrogen-bond acceptors (Lipinski definition) is 5. The Kier molecular flexibility index (Phi) is 4.36. The van der Waals surface area contributed by atoms with E-state index in [-0.39, 0.29) is 0 Å². The van der Waals surface area contributed by atoms with Crippen LogP contribution in [0.2, 0.25) is 0 Å². The summed E-state index contributed by atoms with van der Waals surface area (Å²) in [5.74, 6) is 1.84. The van der Waals surface area contributed by atoms with Crippen LogP contribution < -0.4 is 10.5 Å². The van der Waals surface area contributed by atoms with Gasteiger partial charge in [0.1, 0.15) is 18.2 Å². The van der Waals surface area contributed by atoms with Crippen LogP contribution in [0, 0.1) is 0 Å². The number of rotatable bonds is 7. The van der Waals surface area contributed by atoms with Crippen LogP contribution >= 0.6 is 0 Å². The molecule has 0 radical (unpaired) electrons. The molecule has 1 aromatic rings. The summed E-state index contributed by atoms with van der Waals surface area (Å²) in [4.78, 5) is 10.9. The molecular formula is C13H22N4O. The number of nitrogens with zero attached hydrogens (tertiary/aromatic N) is 3. The van der Waals surface area contributed by atoms with Crippen molar-refractivity contribution in [2.45, 2.75) is 38.6 Å². The van der Waals surface area contributed by atoms with E-state index in [1.807, 2.05) is 0 Å². The number of ether oxygens (including phenoxy) is 1. The molecule has 5 nitrogen and oxygen atoms in total. The third-order valence-corrected chi connectivity index (χ3v) is 3.11. The second-order valence-corrected chi connectivity index (χ2v) is 4.86. The van der Waals surface area contributed by atoms with Gasteiger partial charge in [0.25, 0.3) is 0 Å². The summed E-state index contributed by atoms with van der Waals surface area (Å²) in [7, 11) is 2.14. The molecule has 1 aliphatic rings. The highest BCUT2D eigenvalue weighted by Gasteiger charge is 2.25. The lowest BCUT2D eigenvalue weighted by Gasteiger charge is -2.15. The maximum Gasteiger partial charge on any atom is 0.218 e. The zero-order valence-electron chi connectivity index (χ0n) is 11.2. The fourth-order valence-electron chi connectivity index (χ4n) is 1.89. The maximum absolute atomic E-state index is 5.74. The number of hydrogen-bond donors (Lipinski definition) is 1. The molecule has 2 rings (SSSR count). The van der Waals surface area contributed by atoms with Gasteiger partial charge < -0.3 is 15.4 Å². The minimum Gasteiger partial charge on any atom is -0.476 e. The van der Waals surface area contributed by atoms with Gasteiger partial charge in [0.05, 0.1) is 0 Å².